The Morgan fingerprint density at radius 2 is 1.03 bits per heavy atom. The van der Waals surface area contributed by atoms with E-state index < -0.39 is 42.6 Å². The molecule has 172 valence electrons. The first-order chi connectivity index (χ1) is 13.4. The molecule has 0 aromatic rings. The second-order valence-corrected chi connectivity index (χ2v) is 13.5. The predicted molar refractivity (Wildman–Crippen MR) is 112 cm³/mol. The van der Waals surface area contributed by atoms with Crippen molar-refractivity contribution in [1.29, 1.82) is 0 Å². The van der Waals surface area contributed by atoms with Gasteiger partial charge in [0.1, 0.15) is 11.6 Å². The fraction of sp³-hybridized carbons (Fsp3) is 0.900. The van der Waals surface area contributed by atoms with E-state index in [9.17, 15) is 35.5 Å². The van der Waals surface area contributed by atoms with Crippen molar-refractivity contribution in [3.8, 4) is 0 Å². The van der Waals surface area contributed by atoms with Gasteiger partial charge in [0.2, 0.25) is 0 Å². The van der Waals surface area contributed by atoms with Crippen LogP contribution in [0.1, 0.15) is 66.2 Å². The number of fused-ring (bicyclic) bond motifs is 4. The first-order valence-electron chi connectivity index (χ1n) is 10.3. The Labute approximate surface area is 214 Å². The van der Waals surface area contributed by atoms with Crippen LogP contribution >= 0.6 is 0 Å². The number of Topliss-reactive ketones (excluding diaryl/α,β-unsaturated/α-hetero) is 2. The molecule has 0 aromatic heterocycles. The molecule has 0 amide bonds. The van der Waals surface area contributed by atoms with E-state index in [2.05, 4.69) is 0 Å². The number of hydrogen-bond acceptors (Lipinski definition) is 8. The van der Waals surface area contributed by atoms with Gasteiger partial charge in [0, 0.05) is 23.7 Å². The molecule has 8 nitrogen and oxygen atoms in total. The van der Waals surface area contributed by atoms with Crippen molar-refractivity contribution in [2.45, 2.75) is 66.2 Å². The fourth-order valence-corrected chi connectivity index (χ4v) is 9.38. The summed E-state index contributed by atoms with van der Waals surface area (Å²) in [5.41, 5.74) is -2.44. The van der Waals surface area contributed by atoms with Crippen LogP contribution in [0.5, 0.6) is 0 Å². The summed E-state index contributed by atoms with van der Waals surface area (Å²) in [5.74, 6) is -0.560. The van der Waals surface area contributed by atoms with Crippen LogP contribution in [-0.4, -0.2) is 86.8 Å². The smallest absolute Gasteiger partial charge is 0.748 e. The van der Waals surface area contributed by atoms with Crippen LogP contribution in [0.15, 0.2) is 0 Å². The van der Waals surface area contributed by atoms with Crippen molar-refractivity contribution in [1.82, 2.24) is 0 Å². The molecule has 31 heavy (non-hydrogen) atoms. The second-order valence-electron chi connectivity index (χ2n) is 10.7. The molecule has 0 heterocycles. The van der Waals surface area contributed by atoms with E-state index in [0.717, 1.165) is 12.8 Å². The van der Waals surface area contributed by atoms with E-state index in [4.69, 9.17) is 0 Å². The van der Waals surface area contributed by atoms with Crippen molar-refractivity contribution in [2.75, 3.05) is 11.5 Å². The summed E-state index contributed by atoms with van der Waals surface area (Å²) in [5, 5.41) is 0. The average Bonchev–Trinajstić information content (AvgIpc) is 3.05. The van der Waals surface area contributed by atoms with Gasteiger partial charge < -0.3 is 9.11 Å². The van der Waals surface area contributed by atoms with Crippen LogP contribution in [0, 0.1) is 33.5 Å². The number of carbonyl (C=O) groups is 2. The summed E-state index contributed by atoms with van der Waals surface area (Å²) in [6, 6.07) is 0. The molecule has 4 atom stereocenters. The standard InChI is InChI=1S/2C10H16O4S.Ca/c2*1-9(2)7-3-4-10(9,8(11)5-7)6-15(12,13)14;/h2*7H,3-6H2,1-2H3,(H,12,13,14);/q;;+2/p-2. The van der Waals surface area contributed by atoms with E-state index >= 15 is 0 Å². The summed E-state index contributed by atoms with van der Waals surface area (Å²) in [4.78, 5) is 23.7. The zero-order chi connectivity index (χ0) is 23.0. The van der Waals surface area contributed by atoms with Crippen molar-refractivity contribution in [3.05, 3.63) is 0 Å². The molecule has 0 spiro atoms. The molecule has 0 aliphatic heterocycles. The number of hydrogen-bond donors (Lipinski definition) is 0. The monoisotopic (exact) mass is 502 g/mol. The third kappa shape index (κ3) is 4.44. The molecule has 4 fully saturated rings. The topological polar surface area (TPSA) is 149 Å². The van der Waals surface area contributed by atoms with Gasteiger partial charge in [0.05, 0.1) is 31.7 Å². The third-order valence-electron chi connectivity index (χ3n) is 9.12. The van der Waals surface area contributed by atoms with Crippen LogP contribution in [0.4, 0.5) is 0 Å². The Bertz CT molecular complexity index is 905. The molecule has 4 unspecified atom stereocenters. The molecule has 4 rings (SSSR count). The predicted octanol–water partition coefficient (Wildman–Crippen LogP) is 1.47. The van der Waals surface area contributed by atoms with Gasteiger partial charge in [-0.15, -0.1) is 0 Å². The molecule has 4 saturated carbocycles. The van der Waals surface area contributed by atoms with E-state index in [1.807, 2.05) is 27.7 Å². The largest absolute Gasteiger partial charge is 2.00 e. The first-order valence-corrected chi connectivity index (χ1v) is 13.5. The zero-order valence-corrected chi connectivity index (χ0v) is 22.4. The van der Waals surface area contributed by atoms with E-state index in [-0.39, 0.29) is 72.0 Å². The summed E-state index contributed by atoms with van der Waals surface area (Å²) in [6.07, 6.45) is 3.75. The van der Waals surface area contributed by atoms with E-state index in [1.54, 1.807) is 0 Å². The molecular weight excluding hydrogens is 472 g/mol. The summed E-state index contributed by atoms with van der Waals surface area (Å²) >= 11 is 0. The first kappa shape index (κ1) is 27.7. The van der Waals surface area contributed by atoms with Gasteiger partial charge in [-0.2, -0.15) is 0 Å². The van der Waals surface area contributed by atoms with Crippen molar-refractivity contribution in [2.24, 2.45) is 33.5 Å². The van der Waals surface area contributed by atoms with Crippen LogP contribution in [0.3, 0.4) is 0 Å². The Morgan fingerprint density at radius 3 is 1.19 bits per heavy atom. The number of rotatable bonds is 4. The van der Waals surface area contributed by atoms with Crippen LogP contribution in [-0.2, 0) is 29.8 Å². The van der Waals surface area contributed by atoms with Crippen molar-refractivity contribution >= 4 is 69.5 Å². The molecule has 0 aromatic carbocycles. The molecule has 11 heteroatoms. The molecule has 4 aliphatic carbocycles. The minimum absolute atomic E-state index is 0. The summed E-state index contributed by atoms with van der Waals surface area (Å²) < 4.78 is 65.4. The van der Waals surface area contributed by atoms with Crippen molar-refractivity contribution in [3.63, 3.8) is 0 Å². The fourth-order valence-electron chi connectivity index (χ4n) is 6.82. The number of ketones is 2. The van der Waals surface area contributed by atoms with Gasteiger partial charge in [0.25, 0.3) is 0 Å². The minimum Gasteiger partial charge on any atom is -0.748 e. The van der Waals surface area contributed by atoms with Gasteiger partial charge in [0.15, 0.2) is 0 Å². The average molecular weight is 503 g/mol. The van der Waals surface area contributed by atoms with Crippen molar-refractivity contribution < 1.29 is 35.5 Å². The van der Waals surface area contributed by atoms with Gasteiger partial charge in [-0.1, -0.05) is 27.7 Å². The maximum Gasteiger partial charge on any atom is 2.00 e. The Morgan fingerprint density at radius 1 is 0.742 bits per heavy atom. The van der Waals surface area contributed by atoms with Crippen LogP contribution < -0.4 is 0 Å². The second kappa shape index (κ2) is 8.27. The minimum atomic E-state index is -4.33. The van der Waals surface area contributed by atoms with Gasteiger partial charge >= 0.3 is 37.7 Å². The molecular formula is C20H30CaO8S2. The quantitative estimate of drug-likeness (QED) is 0.414. The molecule has 0 N–H and O–H groups in total. The Kier molecular flexibility index (Phi) is 7.38. The SMILES string of the molecule is CC1(C)C2CCC1(CS(=O)(=O)[O-])C(=O)C2.CC1(C)C2CCC1(CS(=O)(=O)[O-])C(=O)C2.[Ca+2]. The summed E-state index contributed by atoms with van der Waals surface area (Å²) in [6.45, 7) is 7.67. The van der Waals surface area contributed by atoms with Crippen LogP contribution in [0.2, 0.25) is 0 Å². The maximum absolute atomic E-state index is 11.8. The normalized spacial score (nSPS) is 37.4. The van der Waals surface area contributed by atoms with E-state index in [1.165, 1.54) is 0 Å². The van der Waals surface area contributed by atoms with Gasteiger partial charge in [-0.05, 0) is 48.3 Å². The maximum atomic E-state index is 11.8. The molecule has 4 aliphatic rings. The Balaban J connectivity index is 0.000000213. The Hall–Kier alpha value is 0.420. The molecule has 0 saturated heterocycles. The number of carbonyl (C=O) groups excluding carboxylic acids is 2. The zero-order valence-electron chi connectivity index (χ0n) is 18.6. The molecule has 4 bridgehead atoms. The van der Waals surface area contributed by atoms with Gasteiger partial charge in [-0.3, -0.25) is 9.59 Å². The van der Waals surface area contributed by atoms with E-state index in [0.29, 0.717) is 25.7 Å². The third-order valence-corrected chi connectivity index (χ3v) is 10.8. The summed E-state index contributed by atoms with van der Waals surface area (Å²) in [7, 11) is -8.65. The van der Waals surface area contributed by atoms with Crippen LogP contribution in [0.25, 0.3) is 0 Å². The van der Waals surface area contributed by atoms with Gasteiger partial charge in [-0.25, -0.2) is 16.8 Å². The molecule has 0 radical (unpaired) electrons.